The van der Waals surface area contributed by atoms with Crippen molar-refractivity contribution < 1.29 is 24.5 Å². The smallest absolute Gasteiger partial charge is 0.256 e. The molecule has 1 saturated heterocycles. The lowest BCUT2D eigenvalue weighted by molar-refractivity contribution is 0.0674. The first kappa shape index (κ1) is 21.1. The number of ether oxygens (including phenoxy) is 1. The zero-order valence-corrected chi connectivity index (χ0v) is 17.0. The number of aromatic nitrogens is 1. The van der Waals surface area contributed by atoms with E-state index < -0.39 is 6.10 Å². The fraction of sp³-hybridized carbons (Fsp3) is 0.381. The normalized spacial score (nSPS) is 17.6. The van der Waals surface area contributed by atoms with E-state index in [1.807, 2.05) is 4.90 Å². The molecule has 0 unspecified atom stereocenters. The number of rotatable bonds is 7. The number of carbonyl (C=O) groups is 2. The second-order valence-electron chi connectivity index (χ2n) is 6.78. The van der Waals surface area contributed by atoms with Crippen molar-refractivity contribution in [3.63, 3.8) is 0 Å². The van der Waals surface area contributed by atoms with E-state index in [0.717, 1.165) is 11.5 Å². The SMILES string of the molecule is C[C@H](O)c1ncccc1C(=O)N1CCSC[C@H]1CCOc1cccc(O)c1C=O. The molecule has 2 aromatic rings. The van der Waals surface area contributed by atoms with E-state index in [1.165, 1.54) is 6.07 Å². The van der Waals surface area contributed by atoms with Crippen molar-refractivity contribution in [2.45, 2.75) is 25.5 Å². The molecule has 1 aliphatic rings. The van der Waals surface area contributed by atoms with Gasteiger partial charge in [-0.15, -0.1) is 0 Å². The molecule has 2 heterocycles. The van der Waals surface area contributed by atoms with Crippen molar-refractivity contribution in [3.05, 3.63) is 53.3 Å². The topological polar surface area (TPSA) is 100.0 Å². The molecule has 29 heavy (non-hydrogen) atoms. The molecule has 2 atom stereocenters. The largest absolute Gasteiger partial charge is 0.507 e. The molecule has 154 valence electrons. The standard InChI is InChI=1S/C21H24N2O5S/c1-14(25)20-16(4-3-8-22-20)21(27)23-9-11-29-13-15(23)7-10-28-19-6-2-5-18(26)17(19)12-24/h2-6,8,12,14-15,25-26H,7,9-11,13H2,1H3/t14-,15+/m0/s1. The van der Waals surface area contributed by atoms with Gasteiger partial charge in [-0.3, -0.25) is 14.6 Å². The lowest BCUT2D eigenvalue weighted by Gasteiger charge is -2.36. The van der Waals surface area contributed by atoms with Gasteiger partial charge in [0.1, 0.15) is 11.5 Å². The van der Waals surface area contributed by atoms with Crippen molar-refractivity contribution in [1.29, 1.82) is 0 Å². The minimum absolute atomic E-state index is 0.0414. The Hall–Kier alpha value is -2.58. The highest BCUT2D eigenvalue weighted by Gasteiger charge is 2.30. The van der Waals surface area contributed by atoms with E-state index in [1.54, 1.807) is 49.1 Å². The predicted octanol–water partition coefficient (Wildman–Crippen LogP) is 2.68. The summed E-state index contributed by atoms with van der Waals surface area (Å²) in [6.07, 6.45) is 1.88. The van der Waals surface area contributed by atoms with Crippen LogP contribution in [0.5, 0.6) is 11.5 Å². The van der Waals surface area contributed by atoms with Gasteiger partial charge < -0.3 is 19.8 Å². The Morgan fingerprint density at radius 1 is 1.41 bits per heavy atom. The Morgan fingerprint density at radius 3 is 3.00 bits per heavy atom. The Balaban J connectivity index is 1.70. The molecule has 2 N–H and O–H groups in total. The van der Waals surface area contributed by atoms with Crippen LogP contribution in [-0.4, -0.2) is 63.0 Å². The summed E-state index contributed by atoms with van der Waals surface area (Å²) in [6.45, 7) is 2.50. The zero-order chi connectivity index (χ0) is 20.8. The second-order valence-corrected chi connectivity index (χ2v) is 7.93. The number of benzene rings is 1. The average molecular weight is 416 g/mol. The van der Waals surface area contributed by atoms with Crippen molar-refractivity contribution in [2.75, 3.05) is 24.7 Å². The summed E-state index contributed by atoms with van der Waals surface area (Å²) in [5.41, 5.74) is 0.910. The number of thioether (sulfide) groups is 1. The van der Waals surface area contributed by atoms with Gasteiger partial charge in [0.2, 0.25) is 0 Å². The van der Waals surface area contributed by atoms with Crippen molar-refractivity contribution in [1.82, 2.24) is 9.88 Å². The number of hydrogen-bond acceptors (Lipinski definition) is 7. The van der Waals surface area contributed by atoms with Crippen molar-refractivity contribution in [3.8, 4) is 11.5 Å². The highest BCUT2D eigenvalue weighted by Crippen LogP contribution is 2.27. The molecule has 0 aliphatic carbocycles. The molecule has 0 spiro atoms. The fourth-order valence-corrected chi connectivity index (χ4v) is 4.44. The molecule has 1 amide bonds. The maximum atomic E-state index is 13.2. The maximum Gasteiger partial charge on any atom is 0.256 e. The number of aliphatic hydroxyl groups excluding tert-OH is 1. The molecule has 1 aromatic carbocycles. The van der Waals surface area contributed by atoms with Gasteiger partial charge in [-0.05, 0) is 31.2 Å². The first-order valence-electron chi connectivity index (χ1n) is 9.44. The molecule has 0 bridgehead atoms. The first-order valence-corrected chi connectivity index (χ1v) is 10.6. The molecule has 1 fully saturated rings. The Labute approximate surface area is 173 Å². The number of carbonyl (C=O) groups excluding carboxylic acids is 2. The van der Waals surface area contributed by atoms with Crippen LogP contribution in [0.2, 0.25) is 0 Å². The summed E-state index contributed by atoms with van der Waals surface area (Å²) >= 11 is 1.78. The molecular weight excluding hydrogens is 392 g/mol. The van der Waals surface area contributed by atoms with Gasteiger partial charge in [-0.25, -0.2) is 0 Å². The molecule has 8 heteroatoms. The fourth-order valence-electron chi connectivity index (χ4n) is 3.33. The first-order chi connectivity index (χ1) is 14.0. The van der Waals surface area contributed by atoms with Crippen LogP contribution in [0.4, 0.5) is 0 Å². The van der Waals surface area contributed by atoms with Gasteiger partial charge in [-0.1, -0.05) is 6.07 Å². The third kappa shape index (κ3) is 4.89. The quantitative estimate of drug-likeness (QED) is 0.670. The molecule has 7 nitrogen and oxygen atoms in total. The third-order valence-corrected chi connectivity index (χ3v) is 5.91. The summed E-state index contributed by atoms with van der Waals surface area (Å²) in [7, 11) is 0. The minimum Gasteiger partial charge on any atom is -0.507 e. The van der Waals surface area contributed by atoms with Crippen LogP contribution < -0.4 is 4.74 Å². The lowest BCUT2D eigenvalue weighted by atomic mass is 10.1. The highest BCUT2D eigenvalue weighted by atomic mass is 32.2. The Bertz CT molecular complexity index is 874. The van der Waals surface area contributed by atoms with Crippen molar-refractivity contribution >= 4 is 24.0 Å². The number of phenolic OH excluding ortho intramolecular Hbond substituents is 1. The Morgan fingerprint density at radius 2 is 2.24 bits per heavy atom. The number of pyridine rings is 1. The van der Waals surface area contributed by atoms with Crippen LogP contribution >= 0.6 is 11.8 Å². The number of amides is 1. The van der Waals surface area contributed by atoms with E-state index in [-0.39, 0.29) is 23.3 Å². The average Bonchev–Trinajstić information content (AvgIpc) is 2.73. The van der Waals surface area contributed by atoms with Crippen LogP contribution in [0.25, 0.3) is 0 Å². The van der Waals surface area contributed by atoms with Crippen LogP contribution in [0, 0.1) is 0 Å². The molecule has 1 aliphatic heterocycles. The lowest BCUT2D eigenvalue weighted by Crippen LogP contribution is -2.47. The summed E-state index contributed by atoms with van der Waals surface area (Å²) in [6, 6.07) is 8.02. The number of aromatic hydroxyl groups is 1. The van der Waals surface area contributed by atoms with E-state index in [9.17, 15) is 19.8 Å². The van der Waals surface area contributed by atoms with E-state index in [2.05, 4.69) is 4.98 Å². The van der Waals surface area contributed by atoms with Gasteiger partial charge >= 0.3 is 0 Å². The molecule has 0 radical (unpaired) electrons. The van der Waals surface area contributed by atoms with Gasteiger partial charge in [0.15, 0.2) is 6.29 Å². The zero-order valence-electron chi connectivity index (χ0n) is 16.2. The van der Waals surface area contributed by atoms with E-state index in [4.69, 9.17) is 4.74 Å². The summed E-state index contributed by atoms with van der Waals surface area (Å²) in [5, 5.41) is 19.7. The molecule has 3 rings (SSSR count). The predicted molar refractivity (Wildman–Crippen MR) is 111 cm³/mol. The number of aldehydes is 1. The van der Waals surface area contributed by atoms with Gasteiger partial charge in [0.25, 0.3) is 5.91 Å². The summed E-state index contributed by atoms with van der Waals surface area (Å²) in [5.74, 6) is 1.68. The highest BCUT2D eigenvalue weighted by molar-refractivity contribution is 7.99. The second kappa shape index (κ2) is 9.76. The van der Waals surface area contributed by atoms with Crippen LogP contribution in [0.15, 0.2) is 36.5 Å². The van der Waals surface area contributed by atoms with Gasteiger partial charge in [0.05, 0.1) is 29.5 Å². The van der Waals surface area contributed by atoms with Gasteiger partial charge in [0, 0.05) is 36.7 Å². The van der Waals surface area contributed by atoms with E-state index >= 15 is 0 Å². The molecular formula is C21H24N2O5S. The van der Waals surface area contributed by atoms with Crippen LogP contribution in [0.1, 0.15) is 45.9 Å². The monoisotopic (exact) mass is 416 g/mol. The number of phenols is 1. The van der Waals surface area contributed by atoms with Crippen LogP contribution in [-0.2, 0) is 0 Å². The van der Waals surface area contributed by atoms with E-state index in [0.29, 0.717) is 42.9 Å². The maximum absolute atomic E-state index is 13.2. The summed E-state index contributed by atoms with van der Waals surface area (Å²) < 4.78 is 5.72. The molecule has 0 saturated carbocycles. The van der Waals surface area contributed by atoms with Crippen LogP contribution in [0.3, 0.4) is 0 Å². The van der Waals surface area contributed by atoms with Gasteiger partial charge in [-0.2, -0.15) is 11.8 Å². The minimum atomic E-state index is -0.830. The number of nitrogens with zero attached hydrogens (tertiary/aromatic N) is 2. The third-order valence-electron chi connectivity index (χ3n) is 4.82. The summed E-state index contributed by atoms with van der Waals surface area (Å²) in [4.78, 5) is 30.3. The number of aliphatic hydroxyl groups is 1. The molecule has 1 aromatic heterocycles. The Kier molecular flexibility index (Phi) is 7.11. The van der Waals surface area contributed by atoms with Crippen molar-refractivity contribution in [2.24, 2.45) is 0 Å². The number of hydrogen-bond donors (Lipinski definition) is 2.